The molecule has 8 nitrogen and oxygen atoms in total. The Morgan fingerprint density at radius 3 is 2.57 bits per heavy atom. The normalized spacial score (nSPS) is 20.8. The zero-order valence-corrected chi connectivity index (χ0v) is 16.4. The third kappa shape index (κ3) is 3.56. The monoisotopic (exact) mass is 406 g/mol. The molecule has 1 aromatic carbocycles. The fourth-order valence-corrected chi connectivity index (χ4v) is 4.07. The van der Waals surface area contributed by atoms with E-state index in [2.05, 4.69) is 15.3 Å². The average Bonchev–Trinajstić information content (AvgIpc) is 2.98. The standard InChI is InChI=1S/C19H22N4O4.ClH/c1-22-15-10-12(23-8-6-11(7-9-23)19(26)27)2-3-13(15)17(21-22)14-4-5-16(24)20-18(14)25;/h2-3,10-11,14H,4-9H2,1H3,(H,26,27)(H,20,24,25);1H. The number of fused-ring (bicyclic) bond motifs is 1. The van der Waals surface area contributed by atoms with Gasteiger partial charge < -0.3 is 10.0 Å². The molecule has 1 unspecified atom stereocenters. The van der Waals surface area contributed by atoms with Crippen LogP contribution in [-0.2, 0) is 21.4 Å². The van der Waals surface area contributed by atoms with Gasteiger partial charge in [-0.25, -0.2) is 0 Å². The molecule has 0 aliphatic carbocycles. The molecule has 2 aliphatic rings. The Hall–Kier alpha value is -2.61. The molecule has 0 spiro atoms. The van der Waals surface area contributed by atoms with Crippen molar-refractivity contribution < 1.29 is 19.5 Å². The first-order valence-electron chi connectivity index (χ1n) is 9.22. The van der Waals surface area contributed by atoms with E-state index >= 15 is 0 Å². The summed E-state index contributed by atoms with van der Waals surface area (Å²) < 4.78 is 1.77. The number of carbonyl (C=O) groups excluding carboxylic acids is 2. The Morgan fingerprint density at radius 1 is 1.21 bits per heavy atom. The summed E-state index contributed by atoms with van der Waals surface area (Å²) in [6, 6.07) is 6.01. The van der Waals surface area contributed by atoms with E-state index in [9.17, 15) is 14.4 Å². The minimum absolute atomic E-state index is 0. The number of hydrogen-bond acceptors (Lipinski definition) is 5. The summed E-state index contributed by atoms with van der Waals surface area (Å²) in [4.78, 5) is 37.0. The van der Waals surface area contributed by atoms with Crippen molar-refractivity contribution in [3.8, 4) is 0 Å². The fourth-order valence-electron chi connectivity index (χ4n) is 4.07. The number of rotatable bonds is 3. The molecule has 28 heavy (non-hydrogen) atoms. The molecular formula is C19H23ClN4O4. The first kappa shape index (κ1) is 20.1. The largest absolute Gasteiger partial charge is 0.481 e. The Morgan fingerprint density at radius 2 is 1.93 bits per heavy atom. The SMILES string of the molecule is Cl.Cn1nc(C2CCC(=O)NC2=O)c2ccc(N3CCC(C(=O)O)CC3)cc21. The molecule has 3 heterocycles. The van der Waals surface area contributed by atoms with E-state index < -0.39 is 11.9 Å². The van der Waals surface area contributed by atoms with Crippen molar-refractivity contribution in [1.29, 1.82) is 0 Å². The van der Waals surface area contributed by atoms with Crippen LogP contribution in [0.1, 0.15) is 37.3 Å². The van der Waals surface area contributed by atoms with E-state index in [0.717, 1.165) is 16.6 Å². The number of amides is 2. The average molecular weight is 407 g/mol. The lowest BCUT2D eigenvalue weighted by atomic mass is 9.92. The molecule has 0 radical (unpaired) electrons. The van der Waals surface area contributed by atoms with Crippen molar-refractivity contribution in [3.63, 3.8) is 0 Å². The maximum Gasteiger partial charge on any atom is 0.306 e. The number of nitrogens with one attached hydrogen (secondary N) is 1. The number of halogens is 1. The Bertz CT molecular complexity index is 933. The molecule has 2 amide bonds. The number of imide groups is 1. The number of aromatic nitrogens is 2. The fraction of sp³-hybridized carbons (Fsp3) is 0.474. The Kier molecular flexibility index (Phi) is 5.60. The molecule has 1 aromatic heterocycles. The molecule has 150 valence electrons. The third-order valence-electron chi connectivity index (χ3n) is 5.64. The Labute approximate surface area is 168 Å². The summed E-state index contributed by atoms with van der Waals surface area (Å²) >= 11 is 0. The highest BCUT2D eigenvalue weighted by Gasteiger charge is 2.32. The number of nitrogens with zero attached hydrogens (tertiary/aromatic N) is 3. The number of carboxylic acids is 1. The quantitative estimate of drug-likeness (QED) is 0.753. The van der Waals surface area contributed by atoms with E-state index in [1.807, 2.05) is 25.2 Å². The van der Waals surface area contributed by atoms with Gasteiger partial charge in [-0.15, -0.1) is 12.4 Å². The zero-order chi connectivity index (χ0) is 19.1. The molecule has 2 N–H and O–H groups in total. The number of piperidine rings is 2. The van der Waals surface area contributed by atoms with E-state index in [-0.39, 0.29) is 30.1 Å². The minimum Gasteiger partial charge on any atom is -0.481 e. The van der Waals surface area contributed by atoms with Crippen molar-refractivity contribution >= 4 is 46.8 Å². The second-order valence-corrected chi connectivity index (χ2v) is 7.31. The predicted molar refractivity (Wildman–Crippen MR) is 106 cm³/mol. The molecule has 9 heteroatoms. The number of aliphatic carboxylic acids is 1. The molecular weight excluding hydrogens is 384 g/mol. The highest BCUT2D eigenvalue weighted by Crippen LogP contribution is 2.33. The molecule has 2 aliphatic heterocycles. The third-order valence-corrected chi connectivity index (χ3v) is 5.64. The maximum absolute atomic E-state index is 12.2. The van der Waals surface area contributed by atoms with Crippen molar-refractivity contribution in [2.45, 2.75) is 31.6 Å². The summed E-state index contributed by atoms with van der Waals surface area (Å²) in [5.74, 6) is -1.91. The van der Waals surface area contributed by atoms with Crippen LogP contribution < -0.4 is 10.2 Å². The number of hydrogen-bond donors (Lipinski definition) is 2. The van der Waals surface area contributed by atoms with E-state index in [1.165, 1.54) is 0 Å². The van der Waals surface area contributed by atoms with Gasteiger partial charge in [0.1, 0.15) is 0 Å². The number of aryl methyl sites for hydroxylation is 1. The van der Waals surface area contributed by atoms with Crippen LogP contribution in [0, 0.1) is 5.92 Å². The first-order chi connectivity index (χ1) is 12.9. The van der Waals surface area contributed by atoms with E-state index in [1.54, 1.807) is 4.68 Å². The van der Waals surface area contributed by atoms with Crippen LogP contribution in [0.4, 0.5) is 5.69 Å². The predicted octanol–water partition coefficient (Wildman–Crippen LogP) is 1.82. The number of benzene rings is 1. The van der Waals surface area contributed by atoms with Crippen LogP contribution in [0.25, 0.3) is 10.9 Å². The lowest BCUT2D eigenvalue weighted by Crippen LogP contribution is -2.39. The van der Waals surface area contributed by atoms with Gasteiger partial charge in [0.05, 0.1) is 23.0 Å². The number of carbonyl (C=O) groups is 3. The van der Waals surface area contributed by atoms with Gasteiger partial charge in [0.2, 0.25) is 11.8 Å². The van der Waals surface area contributed by atoms with Gasteiger partial charge in [0, 0.05) is 37.6 Å². The topological polar surface area (TPSA) is 105 Å². The Balaban J connectivity index is 0.00000225. The molecule has 2 saturated heterocycles. The smallest absolute Gasteiger partial charge is 0.306 e. The van der Waals surface area contributed by atoms with E-state index in [0.29, 0.717) is 44.5 Å². The van der Waals surface area contributed by atoms with Gasteiger partial charge in [-0.1, -0.05) is 0 Å². The highest BCUT2D eigenvalue weighted by molar-refractivity contribution is 6.02. The summed E-state index contributed by atoms with van der Waals surface area (Å²) in [6.07, 6.45) is 2.08. The summed E-state index contributed by atoms with van der Waals surface area (Å²) in [7, 11) is 1.85. The molecule has 0 saturated carbocycles. The van der Waals surface area contributed by atoms with Crippen molar-refractivity contribution in [2.75, 3.05) is 18.0 Å². The molecule has 0 bridgehead atoms. The minimum atomic E-state index is -0.717. The number of carboxylic acid groups (broad SMARTS) is 1. The van der Waals surface area contributed by atoms with Gasteiger partial charge in [0.25, 0.3) is 0 Å². The lowest BCUT2D eigenvalue weighted by molar-refractivity contribution is -0.142. The van der Waals surface area contributed by atoms with Crippen molar-refractivity contribution in [2.24, 2.45) is 13.0 Å². The lowest BCUT2D eigenvalue weighted by Gasteiger charge is -2.32. The summed E-state index contributed by atoms with van der Waals surface area (Å²) in [5, 5.41) is 17.0. The molecule has 2 aromatic rings. The van der Waals surface area contributed by atoms with E-state index in [4.69, 9.17) is 5.11 Å². The highest BCUT2D eigenvalue weighted by atomic mass is 35.5. The van der Waals surface area contributed by atoms with Gasteiger partial charge in [0.15, 0.2) is 0 Å². The van der Waals surface area contributed by atoms with Crippen molar-refractivity contribution in [3.05, 3.63) is 23.9 Å². The summed E-state index contributed by atoms with van der Waals surface area (Å²) in [6.45, 7) is 1.42. The zero-order valence-electron chi connectivity index (χ0n) is 15.6. The van der Waals surface area contributed by atoms with Crippen LogP contribution in [0.2, 0.25) is 0 Å². The van der Waals surface area contributed by atoms with Gasteiger partial charge in [-0.05, 0) is 37.5 Å². The maximum atomic E-state index is 12.2. The molecule has 2 fully saturated rings. The number of anilines is 1. The first-order valence-corrected chi connectivity index (χ1v) is 9.22. The van der Waals surface area contributed by atoms with Crippen LogP contribution in [0.15, 0.2) is 18.2 Å². The molecule has 4 rings (SSSR count). The van der Waals surface area contributed by atoms with Crippen LogP contribution in [-0.4, -0.2) is 45.8 Å². The van der Waals surface area contributed by atoms with Gasteiger partial charge in [-0.2, -0.15) is 5.10 Å². The van der Waals surface area contributed by atoms with Crippen LogP contribution >= 0.6 is 12.4 Å². The van der Waals surface area contributed by atoms with Crippen LogP contribution in [0.3, 0.4) is 0 Å². The van der Waals surface area contributed by atoms with Crippen molar-refractivity contribution in [1.82, 2.24) is 15.1 Å². The van der Waals surface area contributed by atoms with Crippen LogP contribution in [0.5, 0.6) is 0 Å². The second-order valence-electron chi connectivity index (χ2n) is 7.31. The second kappa shape index (κ2) is 7.79. The van der Waals surface area contributed by atoms with Gasteiger partial charge in [-0.3, -0.25) is 24.4 Å². The molecule has 1 atom stereocenters. The van der Waals surface area contributed by atoms with Gasteiger partial charge >= 0.3 is 5.97 Å². The summed E-state index contributed by atoms with van der Waals surface area (Å²) in [5.41, 5.74) is 2.66.